The van der Waals surface area contributed by atoms with Crippen molar-refractivity contribution in [2.24, 2.45) is 0 Å². The van der Waals surface area contributed by atoms with E-state index < -0.39 is 0 Å². The first-order chi connectivity index (χ1) is 8.93. The van der Waals surface area contributed by atoms with E-state index >= 15 is 0 Å². The van der Waals surface area contributed by atoms with Crippen LogP contribution in [0.15, 0.2) is 67.0 Å². The smallest absolute Gasteiger partial charge is 0.0549 e. The fourth-order valence-electron chi connectivity index (χ4n) is 1.81. The van der Waals surface area contributed by atoms with Gasteiger partial charge in [-0.05, 0) is 35.1 Å². The number of aromatic amines is 1. The van der Waals surface area contributed by atoms with Crippen LogP contribution in [0.2, 0.25) is 0 Å². The first-order valence-corrected chi connectivity index (χ1v) is 6.52. The molecule has 2 nitrogen and oxygen atoms in total. The molecule has 0 spiro atoms. The first-order valence-electron chi connectivity index (χ1n) is 5.75. The van der Waals surface area contributed by atoms with Gasteiger partial charge in [-0.2, -0.15) is 4.37 Å². The van der Waals surface area contributed by atoms with E-state index in [2.05, 4.69) is 39.7 Å². The minimum atomic E-state index is 0. The Bertz CT molecular complexity index is 629. The summed E-state index contributed by atoms with van der Waals surface area (Å²) in [5.74, 6) is 0. The molecule has 0 amide bonds. The average molecular weight is 268 g/mol. The second-order valence-electron chi connectivity index (χ2n) is 3.93. The maximum Gasteiger partial charge on any atom is 0.0549 e. The Hall–Kier alpha value is -2.13. The Kier molecular flexibility index (Phi) is 4.31. The molecule has 19 heavy (non-hydrogen) atoms. The fraction of sp³-hybridized carbons (Fsp3) is 0.0625. The summed E-state index contributed by atoms with van der Waals surface area (Å²) in [5, 5.41) is 2.51. The third-order valence-electron chi connectivity index (χ3n) is 2.72. The molecule has 0 saturated heterocycles. The van der Waals surface area contributed by atoms with Crippen molar-refractivity contribution >= 4 is 32.5 Å². The minimum absolute atomic E-state index is 0. The molecule has 0 fully saturated rings. The number of hydrogen-bond donors (Lipinski definition) is 1. The van der Waals surface area contributed by atoms with Crippen LogP contribution in [0.4, 0.5) is 0 Å². The quantitative estimate of drug-likeness (QED) is 0.472. The maximum absolute atomic E-state index is 4.04. The predicted octanol–water partition coefficient (Wildman–Crippen LogP) is 5.10. The highest BCUT2D eigenvalue weighted by Crippen LogP contribution is 2.15. The van der Waals surface area contributed by atoms with Crippen LogP contribution in [-0.4, -0.2) is 9.36 Å². The largest absolute Gasteiger partial charge is 0.361 e. The van der Waals surface area contributed by atoms with E-state index in [9.17, 15) is 0 Å². The van der Waals surface area contributed by atoms with Crippen molar-refractivity contribution in [3.63, 3.8) is 0 Å². The van der Waals surface area contributed by atoms with Crippen molar-refractivity contribution in [1.82, 2.24) is 9.36 Å². The summed E-state index contributed by atoms with van der Waals surface area (Å²) in [4.78, 5) is 3.12. The number of rotatable bonds is 0. The molecule has 0 atom stereocenters. The lowest BCUT2D eigenvalue weighted by Gasteiger charge is -1.83. The van der Waals surface area contributed by atoms with Crippen LogP contribution in [-0.2, 0) is 0 Å². The summed E-state index contributed by atoms with van der Waals surface area (Å²) >= 11 is 1.54. The van der Waals surface area contributed by atoms with Gasteiger partial charge >= 0.3 is 0 Å². The number of nitrogens with zero attached hydrogens (tertiary/aromatic N) is 1. The monoisotopic (exact) mass is 268 g/mol. The number of H-pyrrole nitrogens is 1. The van der Waals surface area contributed by atoms with E-state index in [-0.39, 0.29) is 7.43 Å². The van der Waals surface area contributed by atoms with E-state index in [1.807, 2.05) is 36.7 Å². The van der Waals surface area contributed by atoms with E-state index in [0.717, 1.165) is 0 Å². The SMILES string of the molecule is C.c1ccc2[nH]ccc2c1.c1ccc2sncc2c1. The molecular formula is C16H16N2S. The van der Waals surface area contributed by atoms with Gasteiger partial charge in [-0.25, -0.2) is 0 Å². The summed E-state index contributed by atoms with van der Waals surface area (Å²) in [7, 11) is 0. The molecule has 3 heteroatoms. The normalized spacial score (nSPS) is 9.68. The molecule has 0 aliphatic rings. The van der Waals surface area contributed by atoms with E-state index in [1.165, 1.54) is 32.5 Å². The molecule has 0 aliphatic heterocycles. The van der Waals surface area contributed by atoms with Crippen LogP contribution in [0.5, 0.6) is 0 Å². The van der Waals surface area contributed by atoms with Crippen molar-refractivity contribution in [3.05, 3.63) is 67.0 Å². The van der Waals surface area contributed by atoms with Gasteiger partial charge in [-0.3, -0.25) is 0 Å². The Morgan fingerprint density at radius 2 is 1.58 bits per heavy atom. The van der Waals surface area contributed by atoms with Gasteiger partial charge in [0.2, 0.25) is 0 Å². The van der Waals surface area contributed by atoms with Gasteiger partial charge in [-0.15, -0.1) is 0 Å². The Labute approximate surface area is 116 Å². The van der Waals surface area contributed by atoms with Gasteiger partial charge in [0.05, 0.1) is 4.70 Å². The van der Waals surface area contributed by atoms with Gasteiger partial charge in [0.25, 0.3) is 0 Å². The molecule has 0 unspecified atom stereocenters. The van der Waals surface area contributed by atoms with Gasteiger partial charge < -0.3 is 4.98 Å². The van der Waals surface area contributed by atoms with Gasteiger partial charge in [0, 0.05) is 23.3 Å². The first kappa shape index (κ1) is 13.3. The Morgan fingerprint density at radius 1 is 0.842 bits per heavy atom. The standard InChI is InChI=1S/C8H7N.C7H5NS.CH4/c1-2-4-8-7(3-1)5-6-9-8;1-2-4-7-6(3-1)5-8-9-7;/h1-6,9H;1-5H;1H4. The summed E-state index contributed by atoms with van der Waals surface area (Å²) < 4.78 is 5.30. The molecular weight excluding hydrogens is 252 g/mol. The number of aromatic nitrogens is 2. The average Bonchev–Trinajstić information content (AvgIpc) is 3.08. The molecule has 2 heterocycles. The molecule has 0 aliphatic carbocycles. The molecule has 0 radical (unpaired) electrons. The van der Waals surface area contributed by atoms with E-state index in [1.54, 1.807) is 0 Å². The van der Waals surface area contributed by atoms with Crippen molar-refractivity contribution in [1.29, 1.82) is 0 Å². The zero-order valence-electron chi connectivity index (χ0n) is 9.71. The lowest BCUT2D eigenvalue weighted by atomic mass is 10.3. The highest BCUT2D eigenvalue weighted by Gasteiger charge is 1.89. The number of fused-ring (bicyclic) bond motifs is 2. The Morgan fingerprint density at radius 3 is 2.37 bits per heavy atom. The van der Waals surface area contributed by atoms with Crippen LogP contribution in [0.1, 0.15) is 7.43 Å². The number of benzene rings is 2. The number of hydrogen-bond acceptors (Lipinski definition) is 2. The van der Waals surface area contributed by atoms with Crippen molar-refractivity contribution in [3.8, 4) is 0 Å². The second kappa shape index (κ2) is 6.16. The highest BCUT2D eigenvalue weighted by molar-refractivity contribution is 7.13. The number of para-hydroxylation sites is 1. The molecule has 4 aromatic rings. The molecule has 4 rings (SSSR count). The molecule has 96 valence electrons. The lowest BCUT2D eigenvalue weighted by molar-refractivity contribution is 1.48. The lowest BCUT2D eigenvalue weighted by Crippen LogP contribution is -1.61. The van der Waals surface area contributed by atoms with Crippen molar-refractivity contribution in [2.45, 2.75) is 7.43 Å². The van der Waals surface area contributed by atoms with Crippen LogP contribution in [0.25, 0.3) is 21.0 Å². The zero-order chi connectivity index (χ0) is 12.2. The molecule has 2 aromatic carbocycles. The minimum Gasteiger partial charge on any atom is -0.361 e. The van der Waals surface area contributed by atoms with Crippen LogP contribution in [0, 0.1) is 0 Å². The molecule has 0 saturated carbocycles. The summed E-state index contributed by atoms with van der Waals surface area (Å²) in [6.45, 7) is 0. The third kappa shape index (κ3) is 3.01. The predicted molar refractivity (Wildman–Crippen MR) is 84.6 cm³/mol. The maximum atomic E-state index is 4.04. The summed E-state index contributed by atoms with van der Waals surface area (Å²) in [6.07, 6.45) is 3.84. The molecule has 1 N–H and O–H groups in total. The van der Waals surface area contributed by atoms with Crippen LogP contribution < -0.4 is 0 Å². The van der Waals surface area contributed by atoms with E-state index in [4.69, 9.17) is 0 Å². The topological polar surface area (TPSA) is 28.7 Å². The summed E-state index contributed by atoms with van der Waals surface area (Å²) in [6, 6.07) is 18.5. The van der Waals surface area contributed by atoms with Crippen LogP contribution in [0.3, 0.4) is 0 Å². The molecule has 0 bridgehead atoms. The van der Waals surface area contributed by atoms with Crippen LogP contribution >= 0.6 is 11.5 Å². The van der Waals surface area contributed by atoms with Gasteiger partial charge in [-0.1, -0.05) is 43.8 Å². The fourth-order valence-corrected chi connectivity index (χ4v) is 2.45. The third-order valence-corrected chi connectivity index (χ3v) is 3.50. The number of nitrogens with one attached hydrogen (secondary N) is 1. The van der Waals surface area contributed by atoms with Crippen molar-refractivity contribution in [2.75, 3.05) is 0 Å². The Balaban J connectivity index is 0.000000133. The summed E-state index contributed by atoms with van der Waals surface area (Å²) in [5.41, 5.74) is 1.21. The second-order valence-corrected chi connectivity index (χ2v) is 4.76. The zero-order valence-corrected chi connectivity index (χ0v) is 10.5. The molecule has 2 aromatic heterocycles. The van der Waals surface area contributed by atoms with Crippen molar-refractivity contribution < 1.29 is 0 Å². The van der Waals surface area contributed by atoms with Gasteiger partial charge in [0.15, 0.2) is 0 Å². The highest BCUT2D eigenvalue weighted by atomic mass is 32.1. The van der Waals surface area contributed by atoms with E-state index in [0.29, 0.717) is 0 Å². The van der Waals surface area contributed by atoms with Gasteiger partial charge in [0.1, 0.15) is 0 Å².